The number of nitrogens with one attached hydrogen (secondary N) is 1. The molecule has 0 aliphatic heterocycles. The van der Waals surface area contributed by atoms with E-state index in [-0.39, 0.29) is 29.6 Å². The quantitative estimate of drug-likeness (QED) is 0.112. The van der Waals surface area contributed by atoms with Gasteiger partial charge in [-0.05, 0) is 91.4 Å². The second-order valence-electron chi connectivity index (χ2n) is 12.2. The van der Waals surface area contributed by atoms with E-state index in [1.165, 1.54) is 18.3 Å². The van der Waals surface area contributed by atoms with Crippen molar-refractivity contribution >= 4 is 23.5 Å². The molecule has 1 saturated carbocycles. The predicted octanol–water partition coefficient (Wildman–Crippen LogP) is 7.19. The molecule has 0 saturated heterocycles. The lowest BCUT2D eigenvalue weighted by molar-refractivity contribution is -0.154. The molecular weight excluding hydrogens is 722 g/mol. The Hall–Kier alpha value is -5.67. The number of carboxylic acids is 1. The van der Waals surface area contributed by atoms with E-state index in [2.05, 4.69) is 30.0 Å². The third kappa shape index (κ3) is 11.2. The summed E-state index contributed by atoms with van der Waals surface area (Å²) in [5.74, 6) is -2.08. The predicted molar refractivity (Wildman–Crippen MR) is 185 cm³/mol. The molecule has 11 nitrogen and oxygen atoms in total. The minimum atomic E-state index is -4.59. The molecule has 0 unspecified atom stereocenters. The lowest BCUT2D eigenvalue weighted by Gasteiger charge is -2.23. The highest BCUT2D eigenvalue weighted by Crippen LogP contribution is 2.39. The van der Waals surface area contributed by atoms with Gasteiger partial charge in [0.15, 0.2) is 12.3 Å². The normalized spacial score (nSPS) is 13.6. The molecule has 1 fully saturated rings. The van der Waals surface area contributed by atoms with Gasteiger partial charge < -0.3 is 25.0 Å². The van der Waals surface area contributed by atoms with E-state index in [0.717, 1.165) is 42.3 Å². The van der Waals surface area contributed by atoms with Crippen molar-refractivity contribution in [3.05, 3.63) is 119 Å². The molecule has 3 N–H and O–H groups in total. The zero-order valence-electron chi connectivity index (χ0n) is 28.0. The number of pyridine rings is 2. The van der Waals surface area contributed by atoms with Crippen LogP contribution in [-0.4, -0.2) is 67.0 Å². The standard InChI is InChI=1S/C24H24ClN3O3.C13H8F4N2O3/c1-24(30,19-4-5-19)15-28-22(29)18-12-21(17-2-6-20(25)7-3-17)23(27-13-18)31-14-16-8-10-26-11-9-16;14-8-3-1-7(2-4-8)10-11(22-6-13(15,16)17)18-5-9(19-10)12(20)21/h2-3,6-13,19,30H,4-5,14-15H2,1H3,(H,28,29);1-5H,6H2,(H,20,21)/t24-;/m1./s1. The number of rotatable bonds is 12. The number of carboxylic acid groups (broad SMARTS) is 1. The summed E-state index contributed by atoms with van der Waals surface area (Å²) in [5, 5.41) is 22.8. The van der Waals surface area contributed by atoms with Crippen molar-refractivity contribution in [2.45, 2.75) is 38.1 Å². The van der Waals surface area contributed by atoms with Gasteiger partial charge in [-0.2, -0.15) is 13.2 Å². The number of carbonyl (C=O) groups is 2. The van der Waals surface area contributed by atoms with Crippen molar-refractivity contribution in [1.29, 1.82) is 0 Å². The Kier molecular flexibility index (Phi) is 12.2. The number of aromatic carboxylic acids is 1. The molecular formula is C37H32ClF4N5O6. The molecule has 276 valence electrons. The number of halogens is 5. The molecule has 2 aromatic carbocycles. The summed E-state index contributed by atoms with van der Waals surface area (Å²) in [6.45, 7) is 0.680. The average molecular weight is 754 g/mol. The van der Waals surface area contributed by atoms with Gasteiger partial charge in [-0.1, -0.05) is 23.7 Å². The first kappa shape index (κ1) is 38.6. The van der Waals surface area contributed by atoms with Crippen LogP contribution in [0, 0.1) is 11.7 Å². The van der Waals surface area contributed by atoms with Gasteiger partial charge in [0, 0.05) is 41.3 Å². The fourth-order valence-corrected chi connectivity index (χ4v) is 5.03. The first-order valence-electron chi connectivity index (χ1n) is 16.0. The highest BCUT2D eigenvalue weighted by atomic mass is 35.5. The van der Waals surface area contributed by atoms with Crippen LogP contribution in [0.5, 0.6) is 11.8 Å². The highest BCUT2D eigenvalue weighted by molar-refractivity contribution is 6.30. The Morgan fingerprint density at radius 1 is 0.925 bits per heavy atom. The fourth-order valence-electron chi connectivity index (χ4n) is 4.90. The molecule has 53 heavy (non-hydrogen) atoms. The van der Waals surface area contributed by atoms with Gasteiger partial charge in [0.05, 0.1) is 17.4 Å². The van der Waals surface area contributed by atoms with Crippen LogP contribution >= 0.6 is 11.6 Å². The number of alkyl halides is 3. The van der Waals surface area contributed by atoms with Crippen molar-refractivity contribution < 1.29 is 46.8 Å². The minimum Gasteiger partial charge on any atom is -0.476 e. The molecule has 0 radical (unpaired) electrons. The zero-order valence-corrected chi connectivity index (χ0v) is 28.7. The largest absolute Gasteiger partial charge is 0.476 e. The number of benzene rings is 2. The molecule has 1 amide bonds. The highest BCUT2D eigenvalue weighted by Gasteiger charge is 2.40. The molecule has 1 aliphatic carbocycles. The Morgan fingerprint density at radius 3 is 2.19 bits per heavy atom. The van der Waals surface area contributed by atoms with Crippen molar-refractivity contribution in [2.24, 2.45) is 5.92 Å². The molecule has 0 bridgehead atoms. The van der Waals surface area contributed by atoms with Crippen LogP contribution in [-0.2, 0) is 6.61 Å². The first-order chi connectivity index (χ1) is 25.2. The van der Waals surface area contributed by atoms with E-state index in [9.17, 15) is 32.3 Å². The number of carbonyl (C=O) groups excluding carboxylic acids is 1. The summed E-state index contributed by atoms with van der Waals surface area (Å²) in [6.07, 6.45) is 3.08. The van der Waals surface area contributed by atoms with Gasteiger partial charge in [-0.15, -0.1) is 0 Å². The van der Waals surface area contributed by atoms with Crippen LogP contribution < -0.4 is 14.8 Å². The fraction of sp³-hybridized carbons (Fsp3) is 0.243. The van der Waals surface area contributed by atoms with Crippen LogP contribution in [0.4, 0.5) is 17.6 Å². The van der Waals surface area contributed by atoms with Gasteiger partial charge in [-0.3, -0.25) is 9.78 Å². The van der Waals surface area contributed by atoms with Crippen LogP contribution in [0.2, 0.25) is 5.02 Å². The Bertz CT molecular complexity index is 2030. The number of ether oxygens (including phenoxy) is 2. The summed E-state index contributed by atoms with van der Waals surface area (Å²) >= 11 is 6.04. The number of aromatic nitrogens is 4. The van der Waals surface area contributed by atoms with E-state index in [1.54, 1.807) is 37.5 Å². The number of hydrogen-bond acceptors (Lipinski definition) is 9. The molecule has 3 aromatic heterocycles. The van der Waals surface area contributed by atoms with E-state index in [4.69, 9.17) is 21.4 Å². The van der Waals surface area contributed by atoms with Gasteiger partial charge in [0.25, 0.3) is 5.91 Å². The molecule has 0 spiro atoms. The zero-order chi connectivity index (χ0) is 38.2. The van der Waals surface area contributed by atoms with Crippen LogP contribution in [0.1, 0.15) is 46.2 Å². The second-order valence-corrected chi connectivity index (χ2v) is 12.6. The van der Waals surface area contributed by atoms with Crippen molar-refractivity contribution in [3.8, 4) is 34.1 Å². The summed E-state index contributed by atoms with van der Waals surface area (Å²) in [4.78, 5) is 39.3. The van der Waals surface area contributed by atoms with Crippen molar-refractivity contribution in [3.63, 3.8) is 0 Å². The average Bonchev–Trinajstić information content (AvgIpc) is 4.00. The van der Waals surface area contributed by atoms with Crippen LogP contribution in [0.3, 0.4) is 0 Å². The smallest absolute Gasteiger partial charge is 0.422 e. The van der Waals surface area contributed by atoms with Crippen molar-refractivity contribution in [2.75, 3.05) is 13.2 Å². The van der Waals surface area contributed by atoms with Gasteiger partial charge >= 0.3 is 12.1 Å². The maximum atomic E-state index is 12.9. The van der Waals surface area contributed by atoms with Crippen LogP contribution in [0.25, 0.3) is 22.4 Å². The van der Waals surface area contributed by atoms with E-state index < -0.39 is 41.7 Å². The summed E-state index contributed by atoms with van der Waals surface area (Å²) in [5.41, 5.74) is 1.47. The lowest BCUT2D eigenvalue weighted by Crippen LogP contribution is -2.42. The first-order valence-corrected chi connectivity index (χ1v) is 16.4. The summed E-state index contributed by atoms with van der Waals surface area (Å²) < 4.78 is 60.1. The Labute approximate surface area is 305 Å². The third-order valence-corrected chi connectivity index (χ3v) is 8.16. The number of nitrogens with zero attached hydrogens (tertiary/aromatic N) is 4. The molecule has 1 atom stereocenters. The number of aliphatic hydroxyl groups is 1. The molecule has 1 aliphatic rings. The maximum Gasteiger partial charge on any atom is 0.422 e. The molecule has 6 rings (SSSR count). The van der Waals surface area contributed by atoms with Gasteiger partial charge in [0.1, 0.15) is 18.1 Å². The van der Waals surface area contributed by atoms with Crippen LogP contribution in [0.15, 0.2) is 91.5 Å². The number of hydrogen-bond donors (Lipinski definition) is 3. The van der Waals surface area contributed by atoms with Crippen molar-refractivity contribution in [1.82, 2.24) is 25.3 Å². The summed E-state index contributed by atoms with van der Waals surface area (Å²) in [7, 11) is 0. The topological polar surface area (TPSA) is 157 Å². The maximum absolute atomic E-state index is 12.9. The number of amides is 1. The Balaban J connectivity index is 0.000000217. The van der Waals surface area contributed by atoms with E-state index in [1.807, 2.05) is 24.3 Å². The monoisotopic (exact) mass is 753 g/mol. The van der Waals surface area contributed by atoms with Gasteiger partial charge in [0.2, 0.25) is 11.8 Å². The third-order valence-electron chi connectivity index (χ3n) is 7.91. The second kappa shape index (κ2) is 16.8. The van der Waals surface area contributed by atoms with E-state index >= 15 is 0 Å². The van der Waals surface area contributed by atoms with Gasteiger partial charge in [-0.25, -0.2) is 24.1 Å². The molecule has 5 aromatic rings. The SMILES string of the molecule is C[C@@](O)(CNC(=O)c1cnc(OCc2ccncc2)c(-c2ccc(Cl)cc2)c1)C1CC1.O=C(O)c1cnc(OCC(F)(F)F)c(-c2ccc(F)cc2)n1. The molecule has 16 heteroatoms. The molecule has 3 heterocycles. The minimum absolute atomic E-state index is 0.175. The lowest BCUT2D eigenvalue weighted by atomic mass is 10.0. The summed E-state index contributed by atoms with van der Waals surface area (Å²) in [6, 6.07) is 17.3. The van der Waals surface area contributed by atoms with E-state index in [0.29, 0.717) is 28.6 Å². The Morgan fingerprint density at radius 2 is 1.57 bits per heavy atom.